The van der Waals surface area contributed by atoms with Gasteiger partial charge in [-0.25, -0.2) is 24.4 Å². The van der Waals surface area contributed by atoms with Gasteiger partial charge in [0, 0.05) is 57.0 Å². The molecule has 3 aromatic heterocycles. The first-order valence-corrected chi connectivity index (χ1v) is 12.9. The molecule has 1 aromatic carbocycles. The first-order valence-electron chi connectivity index (χ1n) is 12.9. The van der Waals surface area contributed by atoms with Crippen LogP contribution in [0, 0.1) is 12.9 Å². The second kappa shape index (κ2) is 14.9. The zero-order valence-corrected chi connectivity index (χ0v) is 23.2. The Balaban J connectivity index is 0.000000483. The van der Waals surface area contributed by atoms with Crippen LogP contribution in [0.2, 0.25) is 0 Å². The maximum Gasteiger partial charge on any atom is 0.320 e. The Kier molecular flexibility index (Phi) is 10.8. The predicted molar refractivity (Wildman–Crippen MR) is 150 cm³/mol. The third kappa shape index (κ3) is 8.35. The van der Waals surface area contributed by atoms with E-state index >= 15 is 0 Å². The largest absolute Gasteiger partial charge is 0.383 e. The molecule has 12 nitrogen and oxygen atoms in total. The summed E-state index contributed by atoms with van der Waals surface area (Å²) in [6.45, 7) is 4.44. The molecule has 1 unspecified atom stereocenters. The van der Waals surface area contributed by atoms with Crippen LogP contribution in [-0.2, 0) is 20.9 Å². The van der Waals surface area contributed by atoms with Crippen molar-refractivity contribution in [2.75, 3.05) is 45.8 Å². The molecule has 1 fully saturated rings. The number of rotatable bonds is 9. The van der Waals surface area contributed by atoms with E-state index in [0.717, 1.165) is 16.8 Å². The monoisotopic (exact) mass is 564 g/mol. The molecule has 4 heterocycles. The zero-order valence-electron chi connectivity index (χ0n) is 23.2. The molecule has 216 valence electrons. The van der Waals surface area contributed by atoms with Gasteiger partial charge in [-0.2, -0.15) is 14.6 Å². The number of carbonyl (C=O) groups is 1. The average molecular weight is 565 g/mol. The molecule has 1 atom stereocenters. The Morgan fingerprint density at radius 3 is 2.46 bits per heavy atom. The lowest BCUT2D eigenvalue weighted by atomic mass is 10.1. The molecule has 1 saturated heterocycles. The summed E-state index contributed by atoms with van der Waals surface area (Å²) < 4.78 is 23.7. The number of halogens is 1. The number of nitrogens with one attached hydrogen (secondary N) is 2. The molecule has 1 aliphatic rings. The normalized spacial score (nSPS) is 14.8. The van der Waals surface area contributed by atoms with Crippen LogP contribution >= 0.6 is 0 Å². The molecule has 41 heavy (non-hydrogen) atoms. The van der Waals surface area contributed by atoms with Crippen molar-refractivity contribution in [2.45, 2.75) is 19.6 Å². The van der Waals surface area contributed by atoms with Gasteiger partial charge in [-0.15, -0.1) is 0 Å². The molecular formula is C28H33FN8O4. The number of anilines is 1. The van der Waals surface area contributed by atoms with Crippen LogP contribution in [0.25, 0.3) is 16.9 Å². The van der Waals surface area contributed by atoms with Gasteiger partial charge in [0.25, 0.3) is 0 Å². The number of methoxy groups -OCH3 is 2. The summed E-state index contributed by atoms with van der Waals surface area (Å²) in [4.78, 5) is 30.5. The Bertz CT molecular complexity index is 1370. The number of hydrogen-bond acceptors (Lipinski definition) is 9. The smallest absolute Gasteiger partial charge is 0.320 e. The van der Waals surface area contributed by atoms with Gasteiger partial charge in [0.1, 0.15) is 18.1 Å². The molecule has 0 saturated carbocycles. The van der Waals surface area contributed by atoms with E-state index < -0.39 is 5.95 Å². The van der Waals surface area contributed by atoms with Crippen molar-refractivity contribution in [1.29, 1.82) is 0 Å². The number of nitrogens with zero attached hydrogens (tertiary/aromatic N) is 6. The second-order valence-corrected chi connectivity index (χ2v) is 9.01. The summed E-state index contributed by atoms with van der Waals surface area (Å²) in [6, 6.07) is 13.7. The number of ether oxygens (including phenoxy) is 2. The molecule has 5 rings (SSSR count). The molecule has 4 aromatic rings. The number of amides is 2. The molecule has 0 radical (unpaired) electrons. The Hall–Kier alpha value is -4.30. The fourth-order valence-corrected chi connectivity index (χ4v) is 4.01. The molecule has 2 amide bonds. The first kappa shape index (κ1) is 29.7. The third-order valence-corrected chi connectivity index (χ3v) is 6.00. The molecule has 13 heteroatoms. The number of para-hydroxylation sites is 1. The lowest BCUT2D eigenvalue weighted by Crippen LogP contribution is -2.41. The minimum Gasteiger partial charge on any atom is -0.383 e. The van der Waals surface area contributed by atoms with Crippen molar-refractivity contribution in [3.63, 3.8) is 0 Å². The minimum atomic E-state index is -0.428. The van der Waals surface area contributed by atoms with E-state index in [2.05, 4.69) is 25.6 Å². The Morgan fingerprint density at radius 2 is 1.83 bits per heavy atom. The number of hydroxylamine groups is 2. The van der Waals surface area contributed by atoms with E-state index in [1.165, 1.54) is 12.3 Å². The highest BCUT2D eigenvalue weighted by atomic mass is 19.1. The van der Waals surface area contributed by atoms with Crippen molar-refractivity contribution < 1.29 is 23.5 Å². The van der Waals surface area contributed by atoms with Gasteiger partial charge in [-0.1, -0.05) is 24.3 Å². The SMILES string of the molecule is COCCN1CC(NC(=O)Nc2c(C)c(-c3cnc(COC)nc3)nn2-c2ccccc2)CO1.Fc1ccccn1. The Morgan fingerprint density at radius 1 is 1.07 bits per heavy atom. The van der Waals surface area contributed by atoms with Gasteiger partial charge in [0.2, 0.25) is 5.95 Å². The zero-order chi connectivity index (χ0) is 29.0. The summed E-state index contributed by atoms with van der Waals surface area (Å²) >= 11 is 0. The van der Waals surface area contributed by atoms with Crippen LogP contribution in [-0.4, -0.2) is 82.4 Å². The molecule has 0 spiro atoms. The van der Waals surface area contributed by atoms with Crippen molar-refractivity contribution in [3.8, 4) is 16.9 Å². The van der Waals surface area contributed by atoms with Gasteiger partial charge in [0.15, 0.2) is 5.82 Å². The molecule has 0 bridgehead atoms. The van der Waals surface area contributed by atoms with Crippen LogP contribution in [0.5, 0.6) is 0 Å². The van der Waals surface area contributed by atoms with Gasteiger partial charge in [-0.05, 0) is 31.2 Å². The number of urea groups is 1. The number of carbonyl (C=O) groups excluding carboxylic acids is 1. The third-order valence-electron chi connectivity index (χ3n) is 6.00. The van der Waals surface area contributed by atoms with E-state index in [1.807, 2.05) is 37.3 Å². The lowest BCUT2D eigenvalue weighted by molar-refractivity contribution is -0.118. The summed E-state index contributed by atoms with van der Waals surface area (Å²) in [6.07, 6.45) is 4.83. The highest BCUT2D eigenvalue weighted by Crippen LogP contribution is 2.30. The van der Waals surface area contributed by atoms with E-state index in [0.29, 0.717) is 50.2 Å². The number of benzene rings is 1. The van der Waals surface area contributed by atoms with Gasteiger partial charge in [-0.3, -0.25) is 10.2 Å². The highest BCUT2D eigenvalue weighted by Gasteiger charge is 2.26. The minimum absolute atomic E-state index is 0.133. The Labute approximate surface area is 237 Å². The van der Waals surface area contributed by atoms with Gasteiger partial charge >= 0.3 is 6.03 Å². The fraction of sp³-hybridized carbons (Fsp3) is 0.321. The first-order chi connectivity index (χ1) is 20.0. The van der Waals surface area contributed by atoms with E-state index in [-0.39, 0.29) is 12.1 Å². The quantitative estimate of drug-likeness (QED) is 0.294. The highest BCUT2D eigenvalue weighted by molar-refractivity contribution is 5.91. The fourth-order valence-electron chi connectivity index (χ4n) is 4.01. The van der Waals surface area contributed by atoms with Crippen LogP contribution in [0.15, 0.2) is 67.1 Å². The summed E-state index contributed by atoms with van der Waals surface area (Å²) in [7, 11) is 3.24. The maximum absolute atomic E-state index is 12.9. The lowest BCUT2D eigenvalue weighted by Gasteiger charge is -2.15. The number of hydrogen-bond donors (Lipinski definition) is 2. The van der Waals surface area contributed by atoms with Crippen molar-refractivity contribution in [2.24, 2.45) is 0 Å². The van der Waals surface area contributed by atoms with Crippen LogP contribution in [0.1, 0.15) is 11.4 Å². The maximum atomic E-state index is 12.9. The number of pyridine rings is 1. The van der Waals surface area contributed by atoms with Crippen molar-refractivity contribution in [1.82, 2.24) is 35.1 Å². The van der Waals surface area contributed by atoms with Gasteiger partial charge < -0.3 is 14.8 Å². The van der Waals surface area contributed by atoms with Crippen LogP contribution < -0.4 is 10.6 Å². The number of aromatic nitrogens is 5. The molecule has 1 aliphatic heterocycles. The van der Waals surface area contributed by atoms with Crippen molar-refractivity contribution >= 4 is 11.8 Å². The summed E-state index contributed by atoms with van der Waals surface area (Å²) in [5.41, 5.74) is 3.04. The molecular weight excluding hydrogens is 531 g/mol. The van der Waals surface area contributed by atoms with E-state index in [9.17, 15) is 9.18 Å². The average Bonchev–Trinajstić information content (AvgIpc) is 3.57. The standard InChI is InChI=1S/C23H29N7O4.C5H4FN/c1-16-21(17-11-24-20(15-33-3)25-12-17)28-30(19-7-5-4-6-8-19)22(16)27-23(31)26-18-13-29(34-14-18)9-10-32-2;6-5-3-1-2-4-7-5/h4-8,11-12,18H,9-10,13-15H2,1-3H3,(H2,26,27,31);1-4H. The van der Waals surface area contributed by atoms with Gasteiger partial charge in [0.05, 0.1) is 24.9 Å². The summed E-state index contributed by atoms with van der Waals surface area (Å²) in [5, 5.41) is 12.5. The second-order valence-electron chi connectivity index (χ2n) is 9.01. The summed E-state index contributed by atoms with van der Waals surface area (Å²) in [5.74, 6) is 0.722. The predicted octanol–water partition coefficient (Wildman–Crippen LogP) is 3.39. The van der Waals surface area contributed by atoms with Crippen molar-refractivity contribution in [3.05, 3.63) is 84.5 Å². The van der Waals surface area contributed by atoms with E-state index in [1.54, 1.807) is 48.5 Å². The molecule has 0 aliphatic carbocycles. The van der Waals surface area contributed by atoms with Crippen LogP contribution in [0.3, 0.4) is 0 Å². The van der Waals surface area contributed by atoms with Crippen LogP contribution in [0.4, 0.5) is 15.0 Å². The van der Waals surface area contributed by atoms with E-state index in [4.69, 9.17) is 19.4 Å². The molecule has 2 N–H and O–H groups in total. The topological polar surface area (TPSA) is 129 Å².